The van der Waals surface area contributed by atoms with E-state index in [1.54, 1.807) is 18.2 Å². The lowest BCUT2D eigenvalue weighted by Crippen LogP contribution is -2.64. The standard InChI is InChI=1S/C14H14O6/c1-20-14(19)12(16)10(7-8-13(14,17)18)11(15)9-5-3-2-4-6-9/h2-8,10,17-19H,1H3. The molecular weight excluding hydrogens is 264 g/mol. The first-order valence-electron chi connectivity index (χ1n) is 5.88. The lowest BCUT2D eigenvalue weighted by atomic mass is 9.81. The topological polar surface area (TPSA) is 104 Å². The van der Waals surface area contributed by atoms with Gasteiger partial charge in [-0.15, -0.1) is 0 Å². The second-order valence-electron chi connectivity index (χ2n) is 4.51. The summed E-state index contributed by atoms with van der Waals surface area (Å²) >= 11 is 0. The van der Waals surface area contributed by atoms with Crippen molar-refractivity contribution in [2.75, 3.05) is 7.11 Å². The summed E-state index contributed by atoms with van der Waals surface area (Å²) in [7, 11) is 0.947. The average Bonchev–Trinajstić information content (AvgIpc) is 2.45. The van der Waals surface area contributed by atoms with Gasteiger partial charge in [0.05, 0.1) is 0 Å². The van der Waals surface area contributed by atoms with Crippen LogP contribution in [-0.2, 0) is 9.53 Å². The molecule has 1 aliphatic carbocycles. The second-order valence-corrected chi connectivity index (χ2v) is 4.51. The van der Waals surface area contributed by atoms with Gasteiger partial charge in [-0.1, -0.05) is 36.4 Å². The number of hydrogen-bond donors (Lipinski definition) is 3. The van der Waals surface area contributed by atoms with Crippen LogP contribution in [0.15, 0.2) is 42.5 Å². The number of aliphatic hydroxyl groups is 3. The van der Waals surface area contributed by atoms with Crippen LogP contribution in [0.1, 0.15) is 10.4 Å². The number of ketones is 2. The van der Waals surface area contributed by atoms with Crippen LogP contribution in [0.5, 0.6) is 0 Å². The molecule has 6 nitrogen and oxygen atoms in total. The number of carbonyl (C=O) groups is 2. The van der Waals surface area contributed by atoms with Crippen molar-refractivity contribution < 1.29 is 29.6 Å². The number of carbonyl (C=O) groups excluding carboxylic acids is 2. The number of rotatable bonds is 3. The van der Waals surface area contributed by atoms with Gasteiger partial charge in [-0.3, -0.25) is 9.59 Å². The fourth-order valence-electron chi connectivity index (χ4n) is 2.06. The minimum atomic E-state index is -2.88. The highest BCUT2D eigenvalue weighted by Gasteiger charge is 2.59. The maximum atomic E-state index is 12.2. The van der Waals surface area contributed by atoms with Crippen molar-refractivity contribution in [2.45, 2.75) is 11.6 Å². The fraction of sp³-hybridized carbons (Fsp3) is 0.286. The molecule has 0 aliphatic heterocycles. The van der Waals surface area contributed by atoms with Gasteiger partial charge in [-0.2, -0.15) is 0 Å². The van der Waals surface area contributed by atoms with E-state index in [2.05, 4.69) is 4.74 Å². The summed E-state index contributed by atoms with van der Waals surface area (Å²) in [4.78, 5) is 24.4. The quantitative estimate of drug-likeness (QED) is 0.302. The van der Waals surface area contributed by atoms with Gasteiger partial charge in [-0.05, 0) is 6.08 Å². The second kappa shape index (κ2) is 4.92. The van der Waals surface area contributed by atoms with Crippen LogP contribution in [0, 0.1) is 5.92 Å². The van der Waals surface area contributed by atoms with Gasteiger partial charge in [-0.25, -0.2) is 0 Å². The van der Waals surface area contributed by atoms with Gasteiger partial charge < -0.3 is 20.1 Å². The van der Waals surface area contributed by atoms with Gasteiger partial charge in [0.15, 0.2) is 5.78 Å². The molecule has 0 spiro atoms. The molecule has 3 N–H and O–H groups in total. The first-order valence-corrected chi connectivity index (χ1v) is 5.88. The molecule has 6 heteroatoms. The normalized spacial score (nSPS) is 28.4. The van der Waals surface area contributed by atoms with Gasteiger partial charge in [0, 0.05) is 12.7 Å². The molecule has 1 aliphatic rings. The Morgan fingerprint density at radius 1 is 1.20 bits per heavy atom. The van der Waals surface area contributed by atoms with Crippen molar-refractivity contribution in [1.82, 2.24) is 0 Å². The van der Waals surface area contributed by atoms with Crippen LogP contribution in [0.4, 0.5) is 0 Å². The van der Waals surface area contributed by atoms with Gasteiger partial charge in [0.25, 0.3) is 5.79 Å². The zero-order valence-corrected chi connectivity index (χ0v) is 10.7. The number of methoxy groups -OCH3 is 1. The van der Waals surface area contributed by atoms with E-state index in [-0.39, 0.29) is 5.56 Å². The highest BCUT2D eigenvalue weighted by molar-refractivity contribution is 6.14. The van der Waals surface area contributed by atoms with E-state index in [0.717, 1.165) is 19.3 Å². The Morgan fingerprint density at radius 2 is 1.80 bits per heavy atom. The summed E-state index contributed by atoms with van der Waals surface area (Å²) in [5, 5.41) is 29.2. The molecule has 0 radical (unpaired) electrons. The molecule has 0 saturated carbocycles. The first kappa shape index (κ1) is 14.5. The van der Waals surface area contributed by atoms with E-state index in [1.807, 2.05) is 0 Å². The Bertz CT molecular complexity index is 562. The van der Waals surface area contributed by atoms with E-state index in [4.69, 9.17) is 0 Å². The molecule has 2 atom stereocenters. The van der Waals surface area contributed by atoms with E-state index in [0.29, 0.717) is 0 Å². The average molecular weight is 278 g/mol. The highest BCUT2D eigenvalue weighted by Crippen LogP contribution is 2.33. The Kier molecular flexibility index (Phi) is 3.58. The SMILES string of the molecule is COC1(O)C(=O)C(C(=O)c2ccccc2)C=CC1(O)O. The number of Topliss-reactive ketones (excluding diaryl/α,β-unsaturated/α-hetero) is 2. The molecule has 0 bridgehead atoms. The summed E-state index contributed by atoms with van der Waals surface area (Å²) in [5.74, 6) is -8.78. The third-order valence-electron chi connectivity index (χ3n) is 3.27. The van der Waals surface area contributed by atoms with E-state index < -0.39 is 29.1 Å². The molecular formula is C14H14O6. The molecule has 1 aromatic carbocycles. The largest absolute Gasteiger partial charge is 0.358 e. The van der Waals surface area contributed by atoms with E-state index in [9.17, 15) is 24.9 Å². The van der Waals surface area contributed by atoms with Crippen LogP contribution in [-0.4, -0.2) is 45.6 Å². The Balaban J connectivity index is 2.41. The molecule has 2 unspecified atom stereocenters. The summed E-state index contributed by atoms with van der Waals surface area (Å²) < 4.78 is 4.52. The van der Waals surface area contributed by atoms with Crippen LogP contribution in [0.25, 0.3) is 0 Å². The van der Waals surface area contributed by atoms with Crippen LogP contribution >= 0.6 is 0 Å². The van der Waals surface area contributed by atoms with Gasteiger partial charge in [0.2, 0.25) is 11.6 Å². The zero-order chi connectivity index (χ0) is 15.0. The van der Waals surface area contributed by atoms with Crippen molar-refractivity contribution >= 4 is 11.6 Å². The lowest BCUT2D eigenvalue weighted by Gasteiger charge is -2.38. The smallest absolute Gasteiger partial charge is 0.287 e. The van der Waals surface area contributed by atoms with Gasteiger partial charge in [0.1, 0.15) is 5.92 Å². The fourth-order valence-corrected chi connectivity index (χ4v) is 2.06. The predicted molar refractivity (Wildman–Crippen MR) is 67.5 cm³/mol. The first-order chi connectivity index (χ1) is 9.33. The minimum absolute atomic E-state index is 0.275. The molecule has 0 heterocycles. The Hall–Kier alpha value is -1.86. The molecule has 20 heavy (non-hydrogen) atoms. The molecule has 1 aromatic rings. The maximum absolute atomic E-state index is 12.2. The van der Waals surface area contributed by atoms with Crippen molar-refractivity contribution in [3.63, 3.8) is 0 Å². The molecule has 106 valence electrons. The number of benzene rings is 1. The molecule has 0 fully saturated rings. The lowest BCUT2D eigenvalue weighted by molar-refractivity contribution is -0.325. The molecule has 0 saturated heterocycles. The zero-order valence-electron chi connectivity index (χ0n) is 10.7. The third-order valence-corrected chi connectivity index (χ3v) is 3.27. The van der Waals surface area contributed by atoms with Crippen molar-refractivity contribution in [3.8, 4) is 0 Å². The minimum Gasteiger partial charge on any atom is -0.358 e. The predicted octanol–water partition coefficient (Wildman–Crippen LogP) is -0.360. The monoisotopic (exact) mass is 278 g/mol. The molecule has 0 amide bonds. The summed E-state index contributed by atoms with van der Waals surface area (Å²) in [5.41, 5.74) is 0.275. The molecule has 0 aromatic heterocycles. The van der Waals surface area contributed by atoms with Crippen LogP contribution < -0.4 is 0 Å². The number of hydrogen-bond acceptors (Lipinski definition) is 6. The van der Waals surface area contributed by atoms with Crippen molar-refractivity contribution in [3.05, 3.63) is 48.0 Å². The van der Waals surface area contributed by atoms with Crippen molar-refractivity contribution in [2.24, 2.45) is 5.92 Å². The van der Waals surface area contributed by atoms with E-state index in [1.165, 1.54) is 12.1 Å². The highest BCUT2D eigenvalue weighted by atomic mass is 16.7. The Morgan fingerprint density at radius 3 is 2.35 bits per heavy atom. The van der Waals surface area contributed by atoms with Gasteiger partial charge >= 0.3 is 0 Å². The number of ether oxygens (including phenoxy) is 1. The third kappa shape index (κ3) is 2.08. The van der Waals surface area contributed by atoms with Crippen LogP contribution in [0.2, 0.25) is 0 Å². The molecule has 2 rings (SSSR count). The van der Waals surface area contributed by atoms with Crippen LogP contribution in [0.3, 0.4) is 0 Å². The van der Waals surface area contributed by atoms with Crippen molar-refractivity contribution in [1.29, 1.82) is 0 Å². The summed E-state index contributed by atoms with van der Waals surface area (Å²) in [6.45, 7) is 0. The maximum Gasteiger partial charge on any atom is 0.287 e. The van der Waals surface area contributed by atoms with E-state index >= 15 is 0 Å². The summed E-state index contributed by atoms with van der Waals surface area (Å²) in [6, 6.07) is 8.03. The number of allylic oxidation sites excluding steroid dienone is 1. The summed E-state index contributed by atoms with van der Waals surface area (Å²) in [6.07, 6.45) is 1.81. The Labute approximate surface area is 114 Å².